The second kappa shape index (κ2) is 6.80. The summed E-state index contributed by atoms with van der Waals surface area (Å²) in [6, 6.07) is 9.45. The van der Waals surface area contributed by atoms with Gasteiger partial charge in [0.15, 0.2) is 11.5 Å². The molecule has 124 valence electrons. The van der Waals surface area contributed by atoms with Crippen molar-refractivity contribution in [3.63, 3.8) is 0 Å². The SMILES string of the molecule is COC(=O)c1ccc(NC(=O)c2cc3c(cc2Cl)OCCO3)cc1. The smallest absolute Gasteiger partial charge is 0.337 e. The normalized spacial score (nSPS) is 12.4. The highest BCUT2D eigenvalue weighted by Gasteiger charge is 2.19. The number of benzene rings is 2. The Morgan fingerprint density at radius 3 is 2.33 bits per heavy atom. The third kappa shape index (κ3) is 3.28. The number of anilines is 1. The molecule has 0 aliphatic carbocycles. The van der Waals surface area contributed by atoms with Gasteiger partial charge in [-0.3, -0.25) is 4.79 Å². The van der Waals surface area contributed by atoms with Gasteiger partial charge in [0.25, 0.3) is 5.91 Å². The molecule has 0 atom stereocenters. The van der Waals surface area contributed by atoms with Gasteiger partial charge in [0.05, 0.1) is 23.3 Å². The van der Waals surface area contributed by atoms with Crippen LogP contribution in [0, 0.1) is 0 Å². The van der Waals surface area contributed by atoms with Crippen LogP contribution in [-0.2, 0) is 4.74 Å². The van der Waals surface area contributed by atoms with Crippen molar-refractivity contribution in [1.29, 1.82) is 0 Å². The standard InChI is InChI=1S/C17H14ClNO5/c1-22-17(21)10-2-4-11(5-3-10)19-16(20)12-8-14-15(9-13(12)18)24-7-6-23-14/h2-5,8-9H,6-7H2,1H3,(H,19,20). The number of hydrogen-bond donors (Lipinski definition) is 1. The van der Waals surface area contributed by atoms with E-state index in [1.165, 1.54) is 7.11 Å². The number of esters is 1. The fourth-order valence-corrected chi connectivity index (χ4v) is 2.48. The summed E-state index contributed by atoms with van der Waals surface area (Å²) in [6.07, 6.45) is 0. The molecule has 0 radical (unpaired) electrons. The number of amides is 1. The number of carbonyl (C=O) groups excluding carboxylic acids is 2. The van der Waals surface area contributed by atoms with E-state index in [1.807, 2.05) is 0 Å². The lowest BCUT2D eigenvalue weighted by atomic mass is 10.1. The predicted octanol–water partition coefficient (Wildman–Crippen LogP) is 3.15. The average molecular weight is 348 g/mol. The van der Waals surface area contributed by atoms with E-state index in [4.69, 9.17) is 21.1 Å². The van der Waals surface area contributed by atoms with E-state index in [1.54, 1.807) is 36.4 Å². The van der Waals surface area contributed by atoms with Crippen LogP contribution in [0.1, 0.15) is 20.7 Å². The quantitative estimate of drug-likeness (QED) is 0.863. The molecule has 0 fully saturated rings. The molecule has 0 bridgehead atoms. The van der Waals surface area contributed by atoms with Crippen molar-refractivity contribution < 1.29 is 23.8 Å². The second-order valence-electron chi connectivity index (χ2n) is 5.00. The number of carbonyl (C=O) groups is 2. The average Bonchev–Trinajstić information content (AvgIpc) is 2.61. The largest absolute Gasteiger partial charge is 0.486 e. The maximum absolute atomic E-state index is 12.4. The van der Waals surface area contributed by atoms with Crippen molar-refractivity contribution in [1.82, 2.24) is 0 Å². The molecular weight excluding hydrogens is 334 g/mol. The molecule has 1 N–H and O–H groups in total. The fraction of sp³-hybridized carbons (Fsp3) is 0.176. The number of ether oxygens (including phenoxy) is 3. The van der Waals surface area contributed by atoms with Gasteiger partial charge in [-0.15, -0.1) is 0 Å². The maximum atomic E-state index is 12.4. The Kier molecular flexibility index (Phi) is 4.57. The Labute approximate surface area is 143 Å². The zero-order chi connectivity index (χ0) is 17.1. The Morgan fingerprint density at radius 2 is 1.71 bits per heavy atom. The summed E-state index contributed by atoms with van der Waals surface area (Å²) in [6.45, 7) is 0.867. The number of halogens is 1. The summed E-state index contributed by atoms with van der Waals surface area (Å²) in [7, 11) is 1.31. The molecule has 0 saturated heterocycles. The van der Waals surface area contributed by atoms with Crippen LogP contribution >= 0.6 is 11.6 Å². The van der Waals surface area contributed by atoms with Crippen LogP contribution in [-0.4, -0.2) is 32.2 Å². The first-order valence-corrected chi connectivity index (χ1v) is 7.55. The molecule has 1 amide bonds. The topological polar surface area (TPSA) is 73.9 Å². The monoisotopic (exact) mass is 347 g/mol. The molecule has 2 aromatic carbocycles. The van der Waals surface area contributed by atoms with Crippen LogP contribution in [0.25, 0.3) is 0 Å². The molecule has 1 aliphatic rings. The van der Waals surface area contributed by atoms with Gasteiger partial charge in [0.2, 0.25) is 0 Å². The summed E-state index contributed by atoms with van der Waals surface area (Å²) >= 11 is 6.15. The molecule has 0 aromatic heterocycles. The molecule has 2 aromatic rings. The lowest BCUT2D eigenvalue weighted by Crippen LogP contribution is -2.17. The lowest BCUT2D eigenvalue weighted by Gasteiger charge is -2.19. The minimum absolute atomic E-state index is 0.267. The summed E-state index contributed by atoms with van der Waals surface area (Å²) in [5.74, 6) is 0.174. The van der Waals surface area contributed by atoms with E-state index in [2.05, 4.69) is 10.1 Å². The molecule has 3 rings (SSSR count). The second-order valence-corrected chi connectivity index (χ2v) is 5.41. The van der Waals surface area contributed by atoms with Crippen molar-refractivity contribution in [3.8, 4) is 11.5 Å². The molecule has 0 unspecified atom stereocenters. The van der Waals surface area contributed by atoms with Crippen molar-refractivity contribution in [2.45, 2.75) is 0 Å². The third-order valence-corrected chi connectivity index (χ3v) is 3.75. The summed E-state index contributed by atoms with van der Waals surface area (Å²) in [5.41, 5.74) is 1.20. The first-order valence-electron chi connectivity index (χ1n) is 7.17. The van der Waals surface area contributed by atoms with Crippen LogP contribution in [0.2, 0.25) is 5.02 Å². The van der Waals surface area contributed by atoms with Gasteiger partial charge in [-0.2, -0.15) is 0 Å². The van der Waals surface area contributed by atoms with Crippen molar-refractivity contribution >= 4 is 29.2 Å². The van der Waals surface area contributed by atoms with Gasteiger partial charge in [0, 0.05) is 11.8 Å². The van der Waals surface area contributed by atoms with Crippen LogP contribution < -0.4 is 14.8 Å². The van der Waals surface area contributed by atoms with Gasteiger partial charge in [0.1, 0.15) is 13.2 Å². The summed E-state index contributed by atoms with van der Waals surface area (Å²) in [4.78, 5) is 23.8. The lowest BCUT2D eigenvalue weighted by molar-refractivity contribution is 0.0600. The first kappa shape index (κ1) is 16.1. The van der Waals surface area contributed by atoms with Crippen molar-refractivity contribution in [2.24, 2.45) is 0 Å². The van der Waals surface area contributed by atoms with Crippen molar-refractivity contribution in [3.05, 3.63) is 52.5 Å². The zero-order valence-electron chi connectivity index (χ0n) is 12.8. The number of rotatable bonds is 3. The van der Waals surface area contributed by atoms with E-state index in [0.29, 0.717) is 36.0 Å². The maximum Gasteiger partial charge on any atom is 0.337 e. The molecule has 0 spiro atoms. The van der Waals surface area contributed by atoms with Gasteiger partial charge in [-0.05, 0) is 30.3 Å². The molecule has 0 saturated carbocycles. The van der Waals surface area contributed by atoms with E-state index >= 15 is 0 Å². The number of hydrogen-bond acceptors (Lipinski definition) is 5. The zero-order valence-corrected chi connectivity index (χ0v) is 13.6. The first-order chi connectivity index (χ1) is 11.6. The Hall–Kier alpha value is -2.73. The Balaban J connectivity index is 1.78. The molecule has 24 heavy (non-hydrogen) atoms. The number of methoxy groups -OCH3 is 1. The molecule has 7 heteroatoms. The number of fused-ring (bicyclic) bond motifs is 1. The van der Waals surface area contributed by atoms with Crippen LogP contribution in [0.4, 0.5) is 5.69 Å². The van der Waals surface area contributed by atoms with Crippen LogP contribution in [0.15, 0.2) is 36.4 Å². The highest BCUT2D eigenvalue weighted by atomic mass is 35.5. The molecule has 1 heterocycles. The van der Waals surface area contributed by atoms with Gasteiger partial charge in [-0.1, -0.05) is 11.6 Å². The summed E-state index contributed by atoms with van der Waals surface area (Å²) in [5, 5.41) is 2.98. The Bertz CT molecular complexity index is 788. The molecule has 1 aliphatic heterocycles. The fourth-order valence-electron chi connectivity index (χ4n) is 2.24. The third-order valence-electron chi connectivity index (χ3n) is 3.44. The van der Waals surface area contributed by atoms with Gasteiger partial charge < -0.3 is 19.5 Å². The minimum atomic E-state index is -0.442. The van der Waals surface area contributed by atoms with E-state index in [9.17, 15) is 9.59 Å². The number of nitrogens with one attached hydrogen (secondary N) is 1. The van der Waals surface area contributed by atoms with E-state index in [-0.39, 0.29) is 16.5 Å². The Morgan fingerprint density at radius 1 is 1.08 bits per heavy atom. The summed E-state index contributed by atoms with van der Waals surface area (Å²) < 4.78 is 15.5. The van der Waals surface area contributed by atoms with E-state index in [0.717, 1.165) is 0 Å². The van der Waals surface area contributed by atoms with Gasteiger partial charge >= 0.3 is 5.97 Å². The molecular formula is C17H14ClNO5. The van der Waals surface area contributed by atoms with Crippen molar-refractivity contribution in [2.75, 3.05) is 25.6 Å². The van der Waals surface area contributed by atoms with E-state index < -0.39 is 5.97 Å². The highest BCUT2D eigenvalue weighted by molar-refractivity contribution is 6.34. The minimum Gasteiger partial charge on any atom is -0.486 e. The predicted molar refractivity (Wildman–Crippen MR) is 88.2 cm³/mol. The van der Waals surface area contributed by atoms with Crippen LogP contribution in [0.5, 0.6) is 11.5 Å². The highest BCUT2D eigenvalue weighted by Crippen LogP contribution is 2.35. The van der Waals surface area contributed by atoms with Crippen LogP contribution in [0.3, 0.4) is 0 Å². The molecule has 6 nitrogen and oxygen atoms in total. The van der Waals surface area contributed by atoms with Gasteiger partial charge in [-0.25, -0.2) is 4.79 Å².